The van der Waals surface area contributed by atoms with E-state index in [2.05, 4.69) is 6.07 Å². The summed E-state index contributed by atoms with van der Waals surface area (Å²) < 4.78 is 17.6. The van der Waals surface area contributed by atoms with Crippen LogP contribution in [0.2, 0.25) is 0 Å². The minimum Gasteiger partial charge on any atom is -0.494 e. The van der Waals surface area contributed by atoms with Crippen molar-refractivity contribution in [2.45, 2.75) is 51.7 Å². The maximum Gasteiger partial charge on any atom is 0.494 e. The highest BCUT2D eigenvalue weighted by Gasteiger charge is 2.51. The van der Waals surface area contributed by atoms with Gasteiger partial charge in [0, 0.05) is 6.42 Å². The van der Waals surface area contributed by atoms with Gasteiger partial charge >= 0.3 is 7.12 Å². The minimum atomic E-state index is -0.345. The first-order valence-electron chi connectivity index (χ1n) is 7.31. The van der Waals surface area contributed by atoms with Crippen molar-refractivity contribution in [3.63, 3.8) is 0 Å². The van der Waals surface area contributed by atoms with E-state index >= 15 is 0 Å². The predicted molar refractivity (Wildman–Crippen MR) is 82.5 cm³/mol. The third kappa shape index (κ3) is 3.58. The summed E-state index contributed by atoms with van der Waals surface area (Å²) in [6.45, 7) is 8.72. The summed E-state index contributed by atoms with van der Waals surface area (Å²) in [5.41, 5.74) is 0.326. The van der Waals surface area contributed by atoms with E-state index in [1.54, 1.807) is 0 Å². The highest BCUT2D eigenvalue weighted by atomic mass is 16.7. The van der Waals surface area contributed by atoms with Crippen LogP contribution >= 0.6 is 0 Å². The van der Waals surface area contributed by atoms with E-state index in [4.69, 9.17) is 19.3 Å². The second-order valence-electron chi connectivity index (χ2n) is 6.27. The molecule has 0 saturated carbocycles. The van der Waals surface area contributed by atoms with E-state index in [0.29, 0.717) is 13.0 Å². The lowest BCUT2D eigenvalue weighted by molar-refractivity contribution is 0.00578. The Morgan fingerprint density at radius 2 is 1.67 bits per heavy atom. The summed E-state index contributed by atoms with van der Waals surface area (Å²) in [4.78, 5) is 0. The first kappa shape index (κ1) is 15.9. The second-order valence-corrected chi connectivity index (χ2v) is 6.27. The fourth-order valence-corrected chi connectivity index (χ4v) is 2.04. The molecule has 0 spiro atoms. The molecular formula is C16H22BNO3. The van der Waals surface area contributed by atoms with Crippen LogP contribution in [0.3, 0.4) is 0 Å². The van der Waals surface area contributed by atoms with Crippen molar-refractivity contribution in [3.05, 3.63) is 24.3 Å². The van der Waals surface area contributed by atoms with Crippen LogP contribution in [0.4, 0.5) is 0 Å². The summed E-state index contributed by atoms with van der Waals surface area (Å²) in [7, 11) is -0.345. The number of ether oxygens (including phenoxy) is 1. The molecule has 112 valence electrons. The SMILES string of the molecule is CC1(C)OB(c2ccc(OCCCC#N)cc2)OC1(C)C. The third-order valence-corrected chi connectivity index (χ3v) is 4.11. The van der Waals surface area contributed by atoms with Crippen molar-refractivity contribution in [2.75, 3.05) is 6.61 Å². The molecule has 0 bridgehead atoms. The van der Waals surface area contributed by atoms with Crippen LogP contribution in [-0.4, -0.2) is 24.9 Å². The first-order valence-corrected chi connectivity index (χ1v) is 7.31. The molecule has 4 nitrogen and oxygen atoms in total. The summed E-state index contributed by atoms with van der Waals surface area (Å²) in [5, 5.41) is 8.47. The standard InChI is InChI=1S/C16H22BNO3/c1-15(2)16(3,4)21-17(20-15)13-7-9-14(10-8-13)19-12-6-5-11-18/h7-10H,5-6,12H2,1-4H3. The molecule has 1 aliphatic rings. The Hall–Kier alpha value is -1.51. The molecule has 0 N–H and O–H groups in total. The van der Waals surface area contributed by atoms with Crippen molar-refractivity contribution in [1.29, 1.82) is 5.26 Å². The molecule has 1 heterocycles. The number of nitriles is 1. The quantitative estimate of drug-likeness (QED) is 0.617. The molecule has 0 aliphatic carbocycles. The van der Waals surface area contributed by atoms with Crippen LogP contribution in [0.1, 0.15) is 40.5 Å². The highest BCUT2D eigenvalue weighted by molar-refractivity contribution is 6.62. The number of unbranched alkanes of at least 4 members (excludes halogenated alkanes) is 1. The molecule has 0 atom stereocenters. The molecule has 21 heavy (non-hydrogen) atoms. The molecule has 1 fully saturated rings. The average Bonchev–Trinajstić information content (AvgIpc) is 2.64. The topological polar surface area (TPSA) is 51.5 Å². The Balaban J connectivity index is 1.96. The van der Waals surface area contributed by atoms with Gasteiger partial charge in [0.2, 0.25) is 0 Å². The van der Waals surface area contributed by atoms with E-state index in [0.717, 1.165) is 17.6 Å². The molecule has 0 radical (unpaired) electrons. The van der Waals surface area contributed by atoms with Crippen molar-refractivity contribution in [2.24, 2.45) is 0 Å². The molecule has 1 aromatic rings. The summed E-state index contributed by atoms with van der Waals surface area (Å²) in [6, 6.07) is 9.84. The molecule has 1 saturated heterocycles. The van der Waals surface area contributed by atoms with Crippen LogP contribution in [0.15, 0.2) is 24.3 Å². The molecular weight excluding hydrogens is 265 g/mol. The van der Waals surface area contributed by atoms with E-state index in [-0.39, 0.29) is 18.3 Å². The number of hydrogen-bond acceptors (Lipinski definition) is 4. The van der Waals surface area contributed by atoms with Crippen molar-refractivity contribution in [3.8, 4) is 11.8 Å². The zero-order valence-electron chi connectivity index (χ0n) is 13.2. The fourth-order valence-electron chi connectivity index (χ4n) is 2.04. The molecule has 5 heteroatoms. The molecule has 0 unspecified atom stereocenters. The van der Waals surface area contributed by atoms with Gasteiger partial charge in [0.05, 0.1) is 23.9 Å². The zero-order valence-corrected chi connectivity index (χ0v) is 13.2. The Bertz CT molecular complexity index is 503. The molecule has 1 aromatic carbocycles. The highest BCUT2D eigenvalue weighted by Crippen LogP contribution is 2.36. The molecule has 0 amide bonds. The van der Waals surface area contributed by atoms with Gasteiger partial charge in [-0.25, -0.2) is 0 Å². The second kappa shape index (κ2) is 6.09. The Morgan fingerprint density at radius 3 is 2.19 bits per heavy atom. The number of hydrogen-bond donors (Lipinski definition) is 0. The van der Waals surface area contributed by atoms with Gasteiger partial charge in [-0.1, -0.05) is 12.1 Å². The van der Waals surface area contributed by atoms with Crippen LogP contribution in [0.5, 0.6) is 5.75 Å². The van der Waals surface area contributed by atoms with Gasteiger partial charge in [-0.05, 0) is 51.7 Å². The van der Waals surface area contributed by atoms with E-state index < -0.39 is 0 Å². The lowest BCUT2D eigenvalue weighted by Crippen LogP contribution is -2.41. The monoisotopic (exact) mass is 287 g/mol. The lowest BCUT2D eigenvalue weighted by Gasteiger charge is -2.32. The van der Waals surface area contributed by atoms with Gasteiger partial charge < -0.3 is 14.0 Å². The van der Waals surface area contributed by atoms with E-state index in [9.17, 15) is 0 Å². The fraction of sp³-hybridized carbons (Fsp3) is 0.562. The molecule has 1 aliphatic heterocycles. The minimum absolute atomic E-state index is 0.329. The van der Waals surface area contributed by atoms with Crippen LogP contribution in [0, 0.1) is 11.3 Å². The summed E-state index contributed by atoms with van der Waals surface area (Å²) in [6.07, 6.45) is 1.27. The third-order valence-electron chi connectivity index (χ3n) is 4.11. The normalized spacial score (nSPS) is 19.3. The number of rotatable bonds is 5. The van der Waals surface area contributed by atoms with Gasteiger partial charge in [0.15, 0.2) is 0 Å². The summed E-state index contributed by atoms with van der Waals surface area (Å²) in [5.74, 6) is 0.799. The number of benzene rings is 1. The average molecular weight is 287 g/mol. The largest absolute Gasteiger partial charge is 0.494 e. The van der Waals surface area contributed by atoms with Gasteiger partial charge in [-0.3, -0.25) is 0 Å². The van der Waals surface area contributed by atoms with Crippen LogP contribution < -0.4 is 10.2 Å². The maximum absolute atomic E-state index is 8.47. The van der Waals surface area contributed by atoms with Crippen LogP contribution in [0.25, 0.3) is 0 Å². The first-order chi connectivity index (χ1) is 9.86. The summed E-state index contributed by atoms with van der Waals surface area (Å²) >= 11 is 0. The van der Waals surface area contributed by atoms with E-state index in [1.165, 1.54) is 0 Å². The van der Waals surface area contributed by atoms with Crippen molar-refractivity contribution >= 4 is 12.6 Å². The van der Waals surface area contributed by atoms with Gasteiger partial charge in [0.25, 0.3) is 0 Å². The maximum atomic E-state index is 8.47. The van der Waals surface area contributed by atoms with Crippen molar-refractivity contribution in [1.82, 2.24) is 0 Å². The Morgan fingerprint density at radius 1 is 1.10 bits per heavy atom. The molecule has 0 aromatic heterocycles. The van der Waals surface area contributed by atoms with Crippen molar-refractivity contribution < 1.29 is 14.0 Å². The smallest absolute Gasteiger partial charge is 0.494 e. The van der Waals surface area contributed by atoms with Gasteiger partial charge in [0.1, 0.15) is 5.75 Å². The van der Waals surface area contributed by atoms with Gasteiger partial charge in [-0.2, -0.15) is 5.26 Å². The molecule has 2 rings (SSSR count). The Kier molecular flexibility index (Phi) is 4.60. The van der Waals surface area contributed by atoms with E-state index in [1.807, 2.05) is 52.0 Å². The lowest BCUT2D eigenvalue weighted by atomic mass is 9.79. The predicted octanol–water partition coefficient (Wildman–Crippen LogP) is 2.67. The van der Waals surface area contributed by atoms with Crippen LogP contribution in [-0.2, 0) is 9.31 Å². The zero-order chi connectivity index (χ0) is 15.5. The Labute approximate surface area is 127 Å². The number of nitrogens with zero attached hydrogens (tertiary/aromatic N) is 1. The van der Waals surface area contributed by atoms with Gasteiger partial charge in [-0.15, -0.1) is 0 Å².